The van der Waals surface area contributed by atoms with Crippen LogP contribution in [0.25, 0.3) is 0 Å². The first kappa shape index (κ1) is 20.1. The van der Waals surface area contributed by atoms with Crippen LogP contribution in [-0.4, -0.2) is 55.4 Å². The molecule has 2 aromatic rings. The molecule has 1 aliphatic heterocycles. The molecule has 0 unspecified atom stereocenters. The van der Waals surface area contributed by atoms with Gasteiger partial charge in [0.15, 0.2) is 0 Å². The summed E-state index contributed by atoms with van der Waals surface area (Å²) < 4.78 is 11.2. The van der Waals surface area contributed by atoms with Gasteiger partial charge in [0, 0.05) is 37.5 Å². The smallest absolute Gasteiger partial charge is 0.315 e. The monoisotopic (exact) mass is 416 g/mol. The highest BCUT2D eigenvalue weighted by atomic mass is 32.1. The van der Waals surface area contributed by atoms with Crippen molar-refractivity contribution in [1.82, 2.24) is 20.5 Å². The summed E-state index contributed by atoms with van der Waals surface area (Å²) in [5, 5.41) is 9.00. The molecule has 0 spiro atoms. The largest absolute Gasteiger partial charge is 0.492 e. The van der Waals surface area contributed by atoms with Gasteiger partial charge >= 0.3 is 6.03 Å². The number of carbonyl (C=O) groups is 1. The Morgan fingerprint density at radius 2 is 2.07 bits per heavy atom. The van der Waals surface area contributed by atoms with Crippen LogP contribution in [0, 0.1) is 0 Å². The first-order chi connectivity index (χ1) is 14.3. The first-order valence-corrected chi connectivity index (χ1v) is 11.1. The quantitative estimate of drug-likeness (QED) is 0.657. The molecule has 0 atom stereocenters. The molecule has 0 radical (unpaired) electrons. The Balaban J connectivity index is 1.15. The predicted octanol–water partition coefficient (Wildman–Crippen LogP) is 2.73. The van der Waals surface area contributed by atoms with Crippen molar-refractivity contribution >= 4 is 17.4 Å². The van der Waals surface area contributed by atoms with Crippen LogP contribution in [0.3, 0.4) is 0 Å². The van der Waals surface area contributed by atoms with Gasteiger partial charge in [0.25, 0.3) is 0 Å². The molecule has 7 nitrogen and oxygen atoms in total. The molecular formula is C21H28N4O3S. The van der Waals surface area contributed by atoms with Crippen molar-refractivity contribution in [2.24, 2.45) is 0 Å². The zero-order chi connectivity index (χ0) is 19.9. The van der Waals surface area contributed by atoms with Crippen molar-refractivity contribution < 1.29 is 14.3 Å². The maximum Gasteiger partial charge on any atom is 0.315 e. The SMILES string of the molecule is O=C(NCc1cccc(OCCN2CCOCC2)c1)NCc1csc(C2CC2)n1. The van der Waals surface area contributed by atoms with Crippen LogP contribution in [0.2, 0.25) is 0 Å². The average molecular weight is 417 g/mol. The Morgan fingerprint density at radius 3 is 2.90 bits per heavy atom. The van der Waals surface area contributed by atoms with Crippen LogP contribution < -0.4 is 15.4 Å². The lowest BCUT2D eigenvalue weighted by atomic mass is 10.2. The minimum atomic E-state index is -0.190. The normalized spacial score (nSPS) is 17.1. The highest BCUT2D eigenvalue weighted by molar-refractivity contribution is 7.09. The Hall–Kier alpha value is -2.16. The Bertz CT molecular complexity index is 803. The van der Waals surface area contributed by atoms with Gasteiger partial charge in [-0.1, -0.05) is 12.1 Å². The van der Waals surface area contributed by atoms with E-state index in [1.807, 2.05) is 29.6 Å². The number of hydrogen-bond acceptors (Lipinski definition) is 6. The second-order valence-corrected chi connectivity index (χ2v) is 8.33. The summed E-state index contributed by atoms with van der Waals surface area (Å²) in [5.74, 6) is 1.49. The fraction of sp³-hybridized carbons (Fsp3) is 0.524. The third-order valence-electron chi connectivity index (χ3n) is 5.06. The Kier molecular flexibility index (Phi) is 6.97. The zero-order valence-corrected chi connectivity index (χ0v) is 17.4. The molecule has 1 aromatic heterocycles. The molecule has 1 saturated heterocycles. The second-order valence-electron chi connectivity index (χ2n) is 7.44. The lowest BCUT2D eigenvalue weighted by molar-refractivity contribution is 0.0322. The maximum atomic E-state index is 12.1. The number of carbonyl (C=O) groups excluding carboxylic acids is 1. The lowest BCUT2D eigenvalue weighted by Gasteiger charge is -2.26. The number of urea groups is 1. The van der Waals surface area contributed by atoms with Gasteiger partial charge in [0.2, 0.25) is 0 Å². The fourth-order valence-electron chi connectivity index (χ4n) is 3.20. The van der Waals surface area contributed by atoms with Gasteiger partial charge in [-0.15, -0.1) is 11.3 Å². The van der Waals surface area contributed by atoms with Crippen LogP contribution in [0.15, 0.2) is 29.6 Å². The molecule has 0 bridgehead atoms. The Morgan fingerprint density at radius 1 is 1.24 bits per heavy atom. The zero-order valence-electron chi connectivity index (χ0n) is 16.6. The van der Waals surface area contributed by atoms with E-state index in [2.05, 4.69) is 20.5 Å². The molecule has 1 aromatic carbocycles. The van der Waals surface area contributed by atoms with Gasteiger partial charge in [-0.3, -0.25) is 4.90 Å². The van der Waals surface area contributed by atoms with Gasteiger partial charge in [-0.05, 0) is 30.5 Å². The minimum Gasteiger partial charge on any atom is -0.492 e. The highest BCUT2D eigenvalue weighted by Crippen LogP contribution is 2.41. The summed E-state index contributed by atoms with van der Waals surface area (Å²) in [6.07, 6.45) is 2.49. The number of benzene rings is 1. The van der Waals surface area contributed by atoms with Gasteiger partial charge in [-0.25, -0.2) is 9.78 Å². The van der Waals surface area contributed by atoms with E-state index < -0.39 is 0 Å². The summed E-state index contributed by atoms with van der Waals surface area (Å²) in [6.45, 7) is 5.98. The van der Waals surface area contributed by atoms with E-state index in [9.17, 15) is 4.79 Å². The van der Waals surface area contributed by atoms with E-state index in [0.717, 1.165) is 49.9 Å². The van der Waals surface area contributed by atoms with Crippen LogP contribution in [-0.2, 0) is 17.8 Å². The number of thiazole rings is 1. The summed E-state index contributed by atoms with van der Waals surface area (Å²) in [4.78, 5) is 19.0. The summed E-state index contributed by atoms with van der Waals surface area (Å²) in [7, 11) is 0. The summed E-state index contributed by atoms with van der Waals surface area (Å²) >= 11 is 1.69. The van der Waals surface area contributed by atoms with Crippen LogP contribution in [0.5, 0.6) is 5.75 Å². The topological polar surface area (TPSA) is 75.7 Å². The van der Waals surface area contributed by atoms with E-state index in [4.69, 9.17) is 9.47 Å². The third-order valence-corrected chi connectivity index (χ3v) is 6.11. The number of amides is 2. The van der Waals surface area contributed by atoms with Crippen molar-refractivity contribution in [2.45, 2.75) is 31.8 Å². The van der Waals surface area contributed by atoms with Gasteiger partial charge in [0.1, 0.15) is 12.4 Å². The van der Waals surface area contributed by atoms with Crippen molar-refractivity contribution in [3.05, 3.63) is 45.9 Å². The molecule has 2 N–H and O–H groups in total. The number of aromatic nitrogens is 1. The van der Waals surface area contributed by atoms with E-state index >= 15 is 0 Å². The van der Waals surface area contributed by atoms with Gasteiger partial charge in [0.05, 0.1) is 30.5 Å². The van der Waals surface area contributed by atoms with Gasteiger partial charge < -0.3 is 20.1 Å². The molecule has 8 heteroatoms. The highest BCUT2D eigenvalue weighted by Gasteiger charge is 2.26. The fourth-order valence-corrected chi connectivity index (χ4v) is 4.19. The van der Waals surface area contributed by atoms with Crippen molar-refractivity contribution in [2.75, 3.05) is 39.5 Å². The standard InChI is InChI=1S/C21H28N4O3S/c26-21(23-14-18-15-29-20(24-18)17-4-5-17)22-13-16-2-1-3-19(12-16)28-11-8-25-6-9-27-10-7-25/h1-3,12,15,17H,4-11,13-14H2,(H2,22,23,26). The average Bonchev–Trinajstić information content (AvgIpc) is 3.50. The van der Waals surface area contributed by atoms with E-state index in [-0.39, 0.29) is 6.03 Å². The summed E-state index contributed by atoms with van der Waals surface area (Å²) in [6, 6.07) is 7.67. The number of rotatable bonds is 9. The number of nitrogens with zero attached hydrogens (tertiary/aromatic N) is 2. The number of hydrogen-bond donors (Lipinski definition) is 2. The third kappa shape index (κ3) is 6.42. The molecule has 2 aliphatic rings. The van der Waals surface area contributed by atoms with Crippen LogP contribution in [0.4, 0.5) is 4.79 Å². The van der Waals surface area contributed by atoms with Crippen LogP contribution >= 0.6 is 11.3 Å². The predicted molar refractivity (Wildman–Crippen MR) is 112 cm³/mol. The number of morpholine rings is 1. The van der Waals surface area contributed by atoms with E-state index in [1.165, 1.54) is 17.8 Å². The first-order valence-electron chi connectivity index (χ1n) is 10.2. The molecule has 29 heavy (non-hydrogen) atoms. The van der Waals surface area contributed by atoms with Gasteiger partial charge in [-0.2, -0.15) is 0 Å². The molecular weight excluding hydrogens is 388 g/mol. The van der Waals surface area contributed by atoms with Crippen molar-refractivity contribution in [3.8, 4) is 5.75 Å². The Labute approximate surface area is 175 Å². The number of ether oxygens (including phenoxy) is 2. The second kappa shape index (κ2) is 10.0. The van der Waals surface area contributed by atoms with Crippen molar-refractivity contribution in [1.29, 1.82) is 0 Å². The molecule has 2 fully saturated rings. The van der Waals surface area contributed by atoms with Crippen LogP contribution in [0.1, 0.15) is 35.0 Å². The molecule has 2 heterocycles. The molecule has 4 rings (SSSR count). The number of nitrogens with one attached hydrogen (secondary N) is 2. The molecule has 1 aliphatic carbocycles. The van der Waals surface area contributed by atoms with E-state index in [0.29, 0.717) is 25.6 Å². The van der Waals surface area contributed by atoms with E-state index in [1.54, 1.807) is 11.3 Å². The summed E-state index contributed by atoms with van der Waals surface area (Å²) in [5.41, 5.74) is 1.94. The minimum absolute atomic E-state index is 0.190. The molecule has 156 valence electrons. The maximum absolute atomic E-state index is 12.1. The molecule has 1 saturated carbocycles. The molecule has 2 amide bonds. The van der Waals surface area contributed by atoms with Crippen molar-refractivity contribution in [3.63, 3.8) is 0 Å². The lowest BCUT2D eigenvalue weighted by Crippen LogP contribution is -2.38.